The van der Waals surface area contributed by atoms with Gasteiger partial charge in [-0.25, -0.2) is 19.2 Å². The molecule has 1 aliphatic rings. The van der Waals surface area contributed by atoms with Crippen LogP contribution in [0, 0.1) is 18.3 Å². The Labute approximate surface area is 250 Å². The average Bonchev–Trinajstić information content (AvgIpc) is 3.34. The number of carbonyl (C=O) groups excluding carboxylic acids is 3. The summed E-state index contributed by atoms with van der Waals surface area (Å²) in [6.07, 6.45) is -3.70. The van der Waals surface area contributed by atoms with Crippen LogP contribution in [0.25, 0.3) is 0 Å². The third-order valence-corrected chi connectivity index (χ3v) is 6.90. The van der Waals surface area contributed by atoms with Crippen molar-refractivity contribution in [3.05, 3.63) is 140 Å². The van der Waals surface area contributed by atoms with Gasteiger partial charge in [0.05, 0.1) is 16.7 Å². The predicted octanol–water partition coefficient (Wildman–Crippen LogP) is 2.73. The van der Waals surface area contributed by atoms with Gasteiger partial charge in [-0.1, -0.05) is 54.6 Å². The zero-order chi connectivity index (χ0) is 31.3. The molecular formula is C32H25N3O9. The lowest BCUT2D eigenvalue weighted by Crippen LogP contribution is -2.53. The van der Waals surface area contributed by atoms with Gasteiger partial charge in [0.2, 0.25) is 6.10 Å². The zero-order valence-corrected chi connectivity index (χ0v) is 23.2. The molecule has 1 fully saturated rings. The van der Waals surface area contributed by atoms with E-state index in [1.54, 1.807) is 54.6 Å². The number of rotatable bonds is 8. The molecule has 4 atom stereocenters. The van der Waals surface area contributed by atoms with Crippen molar-refractivity contribution in [2.75, 3.05) is 6.61 Å². The first-order valence-corrected chi connectivity index (χ1v) is 13.4. The maximum atomic E-state index is 13.3. The lowest BCUT2D eigenvalue weighted by atomic mass is 10.0. The molecule has 0 amide bonds. The van der Waals surface area contributed by atoms with Crippen molar-refractivity contribution < 1.29 is 33.3 Å². The molecule has 1 N–H and O–H groups in total. The molecule has 1 saturated heterocycles. The van der Waals surface area contributed by atoms with Gasteiger partial charge in [0.25, 0.3) is 11.3 Å². The molecule has 0 unspecified atom stereocenters. The summed E-state index contributed by atoms with van der Waals surface area (Å²) in [7, 11) is 0. The molecule has 222 valence electrons. The van der Waals surface area contributed by atoms with E-state index in [9.17, 15) is 29.2 Å². The van der Waals surface area contributed by atoms with Crippen LogP contribution < -0.4 is 11.2 Å². The molecule has 0 spiro atoms. The molecule has 0 radical (unpaired) electrons. The summed E-state index contributed by atoms with van der Waals surface area (Å²) in [5.74, 6) is -2.53. The first kappa shape index (κ1) is 29.7. The number of benzene rings is 3. The van der Waals surface area contributed by atoms with Crippen LogP contribution in [0.3, 0.4) is 0 Å². The van der Waals surface area contributed by atoms with E-state index >= 15 is 0 Å². The van der Waals surface area contributed by atoms with Gasteiger partial charge < -0.3 is 18.9 Å². The van der Waals surface area contributed by atoms with Crippen molar-refractivity contribution >= 4 is 17.9 Å². The zero-order valence-electron chi connectivity index (χ0n) is 23.2. The lowest BCUT2D eigenvalue weighted by molar-refractivity contribution is -0.113. The lowest BCUT2D eigenvalue weighted by Gasteiger charge is -2.30. The van der Waals surface area contributed by atoms with Crippen LogP contribution in [0.5, 0.6) is 0 Å². The van der Waals surface area contributed by atoms with Gasteiger partial charge in [0, 0.05) is 11.8 Å². The van der Waals surface area contributed by atoms with E-state index in [1.807, 2.05) is 6.07 Å². The van der Waals surface area contributed by atoms with Crippen LogP contribution >= 0.6 is 0 Å². The van der Waals surface area contributed by atoms with E-state index in [4.69, 9.17) is 18.9 Å². The van der Waals surface area contributed by atoms with Crippen molar-refractivity contribution in [1.82, 2.24) is 9.55 Å². The molecule has 1 aliphatic heterocycles. The largest absolute Gasteiger partial charge is 0.459 e. The molecule has 0 aliphatic carbocycles. The fourth-order valence-corrected chi connectivity index (χ4v) is 4.69. The van der Waals surface area contributed by atoms with Crippen molar-refractivity contribution in [2.45, 2.75) is 31.0 Å². The molecule has 5 rings (SSSR count). The minimum absolute atomic E-state index is 0.0350. The minimum atomic E-state index is -2.47. The molecule has 0 bridgehead atoms. The first-order valence-electron chi connectivity index (χ1n) is 13.4. The van der Waals surface area contributed by atoms with Gasteiger partial charge in [0.1, 0.15) is 18.8 Å². The van der Waals surface area contributed by atoms with Crippen molar-refractivity contribution in [3.63, 3.8) is 0 Å². The number of aromatic amines is 1. The maximum Gasteiger partial charge on any atom is 0.338 e. The van der Waals surface area contributed by atoms with E-state index in [1.165, 1.54) is 43.3 Å². The number of esters is 3. The molecule has 0 saturated carbocycles. The number of ether oxygens (including phenoxy) is 4. The van der Waals surface area contributed by atoms with Gasteiger partial charge in [-0.2, -0.15) is 5.26 Å². The Morgan fingerprint density at radius 1 is 0.841 bits per heavy atom. The Bertz CT molecular complexity index is 1830. The Balaban J connectivity index is 1.60. The summed E-state index contributed by atoms with van der Waals surface area (Å²) in [6.45, 7) is 0.826. The van der Waals surface area contributed by atoms with E-state index in [2.05, 4.69) is 4.98 Å². The van der Waals surface area contributed by atoms with Crippen LogP contribution in [0.1, 0.15) is 36.6 Å². The van der Waals surface area contributed by atoms with Gasteiger partial charge in [-0.15, -0.1) is 0 Å². The average molecular weight is 596 g/mol. The van der Waals surface area contributed by atoms with Gasteiger partial charge in [-0.05, 0) is 43.3 Å². The molecule has 4 aromatic rings. The Morgan fingerprint density at radius 2 is 1.34 bits per heavy atom. The topological polar surface area (TPSA) is 167 Å². The molecular weight excluding hydrogens is 570 g/mol. The van der Waals surface area contributed by atoms with Crippen LogP contribution in [-0.4, -0.2) is 52.4 Å². The van der Waals surface area contributed by atoms with Crippen LogP contribution in [0.15, 0.2) is 107 Å². The number of nitriles is 1. The SMILES string of the molecule is Cc1cn([C@]2(C#N)O[C@H](COC(=O)c3ccccc3)[C@@H](OC(=O)c3ccccc3)[C@H]2OC(=O)c2ccccc2)c(=O)[nH]c1=O. The number of H-pyrrole nitrogens is 1. The molecule has 2 heterocycles. The quantitative estimate of drug-likeness (QED) is 0.236. The highest BCUT2D eigenvalue weighted by molar-refractivity contribution is 5.91. The van der Waals surface area contributed by atoms with Crippen molar-refractivity contribution in [3.8, 4) is 6.07 Å². The summed E-state index contributed by atoms with van der Waals surface area (Å²) in [5.41, 5.74) is -3.76. The number of carbonyl (C=O) groups is 3. The second kappa shape index (κ2) is 12.6. The highest BCUT2D eigenvalue weighted by Crippen LogP contribution is 2.39. The number of hydrogen-bond donors (Lipinski definition) is 1. The Morgan fingerprint density at radius 3 is 1.86 bits per heavy atom. The number of nitrogens with zero attached hydrogens (tertiary/aromatic N) is 2. The summed E-state index contributed by atoms with van der Waals surface area (Å²) in [5, 5.41) is 10.6. The maximum absolute atomic E-state index is 13.3. The predicted molar refractivity (Wildman–Crippen MR) is 153 cm³/mol. The van der Waals surface area contributed by atoms with Crippen LogP contribution in [0.4, 0.5) is 0 Å². The Hall–Kier alpha value is -5.80. The summed E-state index contributed by atoms with van der Waals surface area (Å²) < 4.78 is 23.9. The fourth-order valence-electron chi connectivity index (χ4n) is 4.69. The first-order chi connectivity index (χ1) is 21.2. The van der Waals surface area contributed by atoms with Gasteiger partial charge in [-0.3, -0.25) is 14.3 Å². The number of hydrogen-bond acceptors (Lipinski definition) is 10. The number of aromatic nitrogens is 2. The minimum Gasteiger partial charge on any atom is -0.459 e. The fraction of sp³-hybridized carbons (Fsp3) is 0.188. The van der Waals surface area contributed by atoms with Crippen LogP contribution in [-0.2, 0) is 24.7 Å². The number of aryl methyl sites for hydroxylation is 1. The van der Waals surface area contributed by atoms with E-state index in [-0.39, 0.29) is 22.3 Å². The smallest absolute Gasteiger partial charge is 0.338 e. The summed E-state index contributed by atoms with van der Waals surface area (Å²) in [4.78, 5) is 66.8. The van der Waals surface area contributed by atoms with Crippen LogP contribution in [0.2, 0.25) is 0 Å². The van der Waals surface area contributed by atoms with E-state index in [0.717, 1.165) is 10.8 Å². The normalized spacial score (nSPS) is 20.7. The van der Waals surface area contributed by atoms with Gasteiger partial charge in [0.15, 0.2) is 6.10 Å². The van der Waals surface area contributed by atoms with E-state index in [0.29, 0.717) is 0 Å². The Kier molecular flexibility index (Phi) is 8.50. The molecule has 12 nitrogen and oxygen atoms in total. The monoisotopic (exact) mass is 595 g/mol. The van der Waals surface area contributed by atoms with E-state index < -0.39 is 59.8 Å². The van der Waals surface area contributed by atoms with Crippen molar-refractivity contribution in [2.24, 2.45) is 0 Å². The summed E-state index contributed by atoms with van der Waals surface area (Å²) in [6, 6.07) is 25.6. The molecule has 44 heavy (non-hydrogen) atoms. The van der Waals surface area contributed by atoms with Crippen molar-refractivity contribution in [1.29, 1.82) is 5.26 Å². The molecule has 3 aromatic carbocycles. The second-order valence-electron chi connectivity index (χ2n) is 9.80. The third kappa shape index (κ3) is 5.90. The molecule has 12 heteroatoms. The third-order valence-electron chi connectivity index (χ3n) is 6.90. The highest BCUT2D eigenvalue weighted by Gasteiger charge is 2.62. The second-order valence-corrected chi connectivity index (χ2v) is 9.80. The highest BCUT2D eigenvalue weighted by atomic mass is 16.7. The standard InChI is InChI=1S/C32H25N3O9/c1-20-17-35(31(40)34-27(20)36)32(19-33)26(43-30(39)23-15-9-4-10-16-23)25(42-29(38)22-13-7-3-8-14-22)24(44-32)18-41-28(37)21-11-5-2-6-12-21/h2-17,24-26H,18H2,1H3,(H,34,36,40)/t24-,25-,26-,32-/m1/s1. The summed E-state index contributed by atoms with van der Waals surface area (Å²) >= 11 is 0. The van der Waals surface area contributed by atoms with Gasteiger partial charge >= 0.3 is 23.6 Å². The molecule has 1 aromatic heterocycles. The number of nitrogens with one attached hydrogen (secondary N) is 1.